The number of fused-ring (bicyclic) bond motifs is 2. The average molecular weight is 294 g/mol. The normalized spacial score (nSPS) is 19.6. The third-order valence-corrected chi connectivity index (χ3v) is 5.08. The van der Waals surface area contributed by atoms with Gasteiger partial charge < -0.3 is 10.2 Å². The summed E-state index contributed by atoms with van der Waals surface area (Å²) in [7, 11) is 0. The molecule has 2 aliphatic rings. The minimum Gasteiger partial charge on any atom is -0.504 e. The summed E-state index contributed by atoms with van der Waals surface area (Å²) in [5.41, 5.74) is 5.80. The second kappa shape index (κ2) is 5.03. The van der Waals surface area contributed by atoms with E-state index in [1.54, 1.807) is 6.07 Å². The molecular formula is C19H21NO2. The van der Waals surface area contributed by atoms with Crippen molar-refractivity contribution in [3.8, 4) is 22.6 Å². The van der Waals surface area contributed by atoms with Crippen LogP contribution < -0.4 is 0 Å². The van der Waals surface area contributed by atoms with Crippen molar-refractivity contribution in [1.82, 2.24) is 4.90 Å². The first kappa shape index (κ1) is 13.6. The molecule has 0 saturated carbocycles. The maximum absolute atomic E-state index is 10.4. The molecule has 3 nitrogen and oxygen atoms in total. The third-order valence-electron chi connectivity index (χ3n) is 5.08. The zero-order valence-electron chi connectivity index (χ0n) is 12.8. The van der Waals surface area contributed by atoms with Crippen LogP contribution in [-0.2, 0) is 12.8 Å². The Morgan fingerprint density at radius 3 is 2.82 bits per heavy atom. The Morgan fingerprint density at radius 2 is 2.00 bits per heavy atom. The maximum atomic E-state index is 10.4. The van der Waals surface area contributed by atoms with E-state index in [9.17, 15) is 10.2 Å². The molecule has 1 aliphatic carbocycles. The second-order valence-electron chi connectivity index (χ2n) is 6.35. The lowest BCUT2D eigenvalue weighted by Gasteiger charge is -2.41. The van der Waals surface area contributed by atoms with Gasteiger partial charge in [0.1, 0.15) is 0 Å². The number of nitrogens with zero attached hydrogens (tertiary/aromatic N) is 1. The molecule has 0 radical (unpaired) electrons. The van der Waals surface area contributed by atoms with Crippen molar-refractivity contribution < 1.29 is 10.2 Å². The summed E-state index contributed by atoms with van der Waals surface area (Å²) >= 11 is 0. The summed E-state index contributed by atoms with van der Waals surface area (Å²) < 4.78 is 0. The van der Waals surface area contributed by atoms with E-state index in [4.69, 9.17) is 0 Å². The van der Waals surface area contributed by atoms with Gasteiger partial charge in [-0.25, -0.2) is 0 Å². The van der Waals surface area contributed by atoms with Crippen molar-refractivity contribution in [2.75, 3.05) is 13.1 Å². The number of rotatable bonds is 2. The Bertz CT molecular complexity index is 738. The van der Waals surface area contributed by atoms with Crippen LogP contribution in [0.3, 0.4) is 0 Å². The van der Waals surface area contributed by atoms with Crippen LogP contribution in [-0.4, -0.2) is 28.2 Å². The van der Waals surface area contributed by atoms with Crippen molar-refractivity contribution in [2.24, 2.45) is 0 Å². The van der Waals surface area contributed by atoms with Crippen LogP contribution in [0.25, 0.3) is 11.1 Å². The van der Waals surface area contributed by atoms with Gasteiger partial charge in [-0.05, 0) is 54.1 Å². The number of phenolic OH excluding ortho intramolecular Hbond substituents is 2. The van der Waals surface area contributed by atoms with E-state index in [2.05, 4.69) is 30.0 Å². The van der Waals surface area contributed by atoms with Crippen molar-refractivity contribution in [3.05, 3.63) is 47.0 Å². The van der Waals surface area contributed by atoms with Crippen LogP contribution in [0.1, 0.15) is 36.1 Å². The van der Waals surface area contributed by atoms with Crippen LogP contribution in [0.4, 0.5) is 0 Å². The van der Waals surface area contributed by atoms with Crippen molar-refractivity contribution >= 4 is 0 Å². The summed E-state index contributed by atoms with van der Waals surface area (Å²) in [6, 6.07) is 10.3. The Hall–Kier alpha value is -2.00. The number of hydrogen-bond donors (Lipinski definition) is 2. The number of benzene rings is 2. The van der Waals surface area contributed by atoms with Crippen LogP contribution in [0.2, 0.25) is 0 Å². The van der Waals surface area contributed by atoms with E-state index in [0.29, 0.717) is 6.04 Å². The smallest absolute Gasteiger partial charge is 0.165 e. The fraction of sp³-hybridized carbons (Fsp3) is 0.368. The zero-order valence-corrected chi connectivity index (χ0v) is 12.8. The third kappa shape index (κ3) is 1.85. The van der Waals surface area contributed by atoms with Crippen molar-refractivity contribution in [1.29, 1.82) is 0 Å². The maximum Gasteiger partial charge on any atom is 0.165 e. The molecule has 114 valence electrons. The van der Waals surface area contributed by atoms with E-state index in [0.717, 1.165) is 49.0 Å². The summed E-state index contributed by atoms with van der Waals surface area (Å²) in [4.78, 5) is 2.57. The topological polar surface area (TPSA) is 43.7 Å². The van der Waals surface area contributed by atoms with Crippen LogP contribution >= 0.6 is 0 Å². The monoisotopic (exact) mass is 294 g/mol. The van der Waals surface area contributed by atoms with Crippen molar-refractivity contribution in [3.63, 3.8) is 0 Å². The van der Waals surface area contributed by atoms with Crippen LogP contribution in [0, 0.1) is 0 Å². The summed E-state index contributed by atoms with van der Waals surface area (Å²) in [5, 5.41) is 20.2. The van der Waals surface area contributed by atoms with Gasteiger partial charge in [0.25, 0.3) is 0 Å². The van der Waals surface area contributed by atoms with Gasteiger partial charge in [-0.1, -0.05) is 31.2 Å². The predicted molar refractivity (Wildman–Crippen MR) is 87.2 cm³/mol. The summed E-state index contributed by atoms with van der Waals surface area (Å²) in [6.07, 6.45) is 3.13. The Balaban J connectivity index is 1.95. The van der Waals surface area contributed by atoms with Crippen molar-refractivity contribution in [2.45, 2.75) is 32.2 Å². The van der Waals surface area contributed by atoms with Crippen LogP contribution in [0.5, 0.6) is 11.5 Å². The first-order valence-electron chi connectivity index (χ1n) is 8.10. The number of phenols is 2. The van der Waals surface area contributed by atoms with E-state index in [1.807, 2.05) is 6.07 Å². The number of aromatic hydroxyl groups is 2. The molecule has 4 rings (SSSR count). The fourth-order valence-corrected chi connectivity index (χ4v) is 4.13. The summed E-state index contributed by atoms with van der Waals surface area (Å²) in [5.74, 6) is -0.00649. The van der Waals surface area contributed by atoms with Gasteiger partial charge in [0.05, 0.1) is 0 Å². The van der Waals surface area contributed by atoms with E-state index < -0.39 is 0 Å². The van der Waals surface area contributed by atoms with E-state index in [1.165, 1.54) is 11.1 Å². The van der Waals surface area contributed by atoms with Crippen LogP contribution in [0.15, 0.2) is 30.3 Å². The van der Waals surface area contributed by atoms with Gasteiger partial charge in [0.15, 0.2) is 11.5 Å². The molecule has 3 heteroatoms. The quantitative estimate of drug-likeness (QED) is 0.831. The highest BCUT2D eigenvalue weighted by Crippen LogP contribution is 2.50. The highest BCUT2D eigenvalue weighted by atomic mass is 16.3. The molecule has 2 aromatic rings. The molecule has 0 fully saturated rings. The SMILES string of the molecule is CC[11CH2]N1CCc2cccc3c2[C@@H]1Cc1ccc(O)c(O)c1-3. The highest BCUT2D eigenvalue weighted by Gasteiger charge is 2.35. The molecule has 0 amide bonds. The Labute approximate surface area is 130 Å². The minimum atomic E-state index is -0.0315. The molecule has 1 aliphatic heterocycles. The van der Waals surface area contributed by atoms with Gasteiger partial charge in [0, 0.05) is 18.2 Å². The molecule has 0 unspecified atom stereocenters. The molecule has 2 N–H and O–H groups in total. The van der Waals surface area contributed by atoms with Gasteiger partial charge in [-0.2, -0.15) is 0 Å². The standard InChI is InChI=1S/C19H21NO2/c1-2-9-20-10-8-12-4-3-5-14-17(12)15(20)11-13-6-7-16(21)19(22)18(13)14/h3-7,15,21-22H,2,8-11H2,1H3/t15-/m0/s1/i9-1. The molecule has 2 aromatic carbocycles. The lowest BCUT2D eigenvalue weighted by atomic mass is 9.74. The van der Waals surface area contributed by atoms with E-state index in [-0.39, 0.29) is 11.5 Å². The first-order chi connectivity index (χ1) is 10.7. The molecule has 22 heavy (non-hydrogen) atoms. The molecule has 0 saturated heterocycles. The van der Waals surface area contributed by atoms with E-state index >= 15 is 0 Å². The molecule has 0 aromatic heterocycles. The first-order valence-corrected chi connectivity index (χ1v) is 8.10. The minimum absolute atomic E-state index is 0.0250. The lowest BCUT2D eigenvalue weighted by Crippen LogP contribution is -2.38. The highest BCUT2D eigenvalue weighted by molar-refractivity contribution is 5.82. The molecule has 0 spiro atoms. The summed E-state index contributed by atoms with van der Waals surface area (Å²) in [6.45, 7) is 4.44. The lowest BCUT2D eigenvalue weighted by molar-refractivity contribution is 0.183. The molecular weight excluding hydrogens is 273 g/mol. The van der Waals surface area contributed by atoms with Gasteiger partial charge >= 0.3 is 0 Å². The average Bonchev–Trinajstić information content (AvgIpc) is 2.53. The second-order valence-corrected chi connectivity index (χ2v) is 6.35. The molecule has 0 bridgehead atoms. The van der Waals surface area contributed by atoms with Gasteiger partial charge in [-0.3, -0.25) is 4.90 Å². The fourth-order valence-electron chi connectivity index (χ4n) is 4.13. The Kier molecular flexibility index (Phi) is 3.12. The van der Waals surface area contributed by atoms with Gasteiger partial charge in [0.2, 0.25) is 0 Å². The molecule has 1 heterocycles. The zero-order chi connectivity index (χ0) is 15.3. The Morgan fingerprint density at radius 1 is 1.14 bits per heavy atom. The molecule has 1 atom stereocenters. The predicted octanol–water partition coefficient (Wildman–Crippen LogP) is 3.63. The van der Waals surface area contributed by atoms with Gasteiger partial charge in [-0.15, -0.1) is 0 Å². The largest absolute Gasteiger partial charge is 0.504 e. The number of hydrogen-bond acceptors (Lipinski definition) is 3.